The molecule has 0 spiro atoms. The number of aromatic nitrogens is 2. The smallest absolute Gasteiger partial charge is 0.177 e. The zero-order valence-electron chi connectivity index (χ0n) is 7.34. The van der Waals surface area contributed by atoms with Crippen molar-refractivity contribution in [1.82, 2.24) is 9.55 Å². The zero-order chi connectivity index (χ0) is 9.42. The quantitative estimate of drug-likeness (QED) is 0.763. The van der Waals surface area contributed by atoms with Gasteiger partial charge in [0.05, 0.1) is 22.6 Å². The van der Waals surface area contributed by atoms with Crippen LogP contribution in [0.2, 0.25) is 0 Å². The molecule has 1 heterocycles. The molecule has 0 aliphatic carbocycles. The van der Waals surface area contributed by atoms with Crippen molar-refractivity contribution in [3.8, 4) is 5.75 Å². The number of rotatable bonds is 1. The summed E-state index contributed by atoms with van der Waals surface area (Å²) in [6.45, 7) is 0. The lowest BCUT2D eigenvalue weighted by atomic mass is 10.3. The van der Waals surface area contributed by atoms with Gasteiger partial charge < -0.3 is 9.30 Å². The fraction of sp³-hybridized carbons (Fsp3) is 0.222. The molecule has 0 aliphatic rings. The summed E-state index contributed by atoms with van der Waals surface area (Å²) in [6, 6.07) is 3.85. The molecule has 1 aromatic heterocycles. The van der Waals surface area contributed by atoms with Gasteiger partial charge in [-0.15, -0.1) is 0 Å². The van der Waals surface area contributed by atoms with E-state index < -0.39 is 0 Å². The summed E-state index contributed by atoms with van der Waals surface area (Å²) in [5, 5.41) is 0. The first kappa shape index (κ1) is 8.56. The number of methoxy groups -OCH3 is 1. The van der Waals surface area contributed by atoms with Crippen LogP contribution in [0.25, 0.3) is 11.0 Å². The molecule has 0 saturated carbocycles. The van der Waals surface area contributed by atoms with Crippen molar-refractivity contribution < 1.29 is 4.74 Å². The lowest BCUT2D eigenvalue weighted by Gasteiger charge is -2.02. The van der Waals surface area contributed by atoms with Gasteiger partial charge in [-0.3, -0.25) is 0 Å². The standard InChI is InChI=1S/C9H8BrN2O/c1-12-5-11-7-3-6(10)9(13-2)4-8(7)12/h3-4H,1-2H3. The molecule has 2 aromatic rings. The minimum Gasteiger partial charge on any atom is -0.495 e. The maximum atomic E-state index is 5.18. The van der Waals surface area contributed by atoms with Gasteiger partial charge >= 0.3 is 0 Å². The number of ether oxygens (including phenoxy) is 1. The van der Waals surface area contributed by atoms with Crippen molar-refractivity contribution in [2.45, 2.75) is 0 Å². The molecule has 2 rings (SSSR count). The monoisotopic (exact) mass is 239 g/mol. The number of benzene rings is 1. The van der Waals surface area contributed by atoms with Crippen molar-refractivity contribution in [2.75, 3.05) is 7.11 Å². The highest BCUT2D eigenvalue weighted by atomic mass is 79.9. The Labute approximate surface area is 84.5 Å². The molecule has 0 saturated heterocycles. The minimum atomic E-state index is 0.810. The third kappa shape index (κ3) is 1.31. The Morgan fingerprint density at radius 2 is 2.31 bits per heavy atom. The van der Waals surface area contributed by atoms with Crippen molar-refractivity contribution in [1.29, 1.82) is 0 Å². The van der Waals surface area contributed by atoms with Crippen LogP contribution in [0.15, 0.2) is 16.6 Å². The Hall–Kier alpha value is -1.03. The number of fused-ring (bicyclic) bond motifs is 1. The third-order valence-corrected chi connectivity index (χ3v) is 2.55. The molecule has 0 N–H and O–H groups in total. The molecule has 1 aromatic carbocycles. The number of imidazole rings is 1. The van der Waals surface area contributed by atoms with Crippen LogP contribution < -0.4 is 4.74 Å². The van der Waals surface area contributed by atoms with Crippen molar-refractivity contribution >= 4 is 27.0 Å². The predicted octanol–water partition coefficient (Wildman–Crippen LogP) is 2.14. The summed E-state index contributed by atoms with van der Waals surface area (Å²) in [4.78, 5) is 4.11. The summed E-state index contributed by atoms with van der Waals surface area (Å²) in [6.07, 6.45) is 2.85. The van der Waals surface area contributed by atoms with Crippen LogP contribution in [0.1, 0.15) is 0 Å². The summed E-state index contributed by atoms with van der Waals surface area (Å²) in [5.41, 5.74) is 1.93. The zero-order valence-corrected chi connectivity index (χ0v) is 8.92. The lowest BCUT2D eigenvalue weighted by Crippen LogP contribution is -1.87. The molecule has 0 bridgehead atoms. The van der Waals surface area contributed by atoms with Gasteiger partial charge in [0.15, 0.2) is 6.33 Å². The second kappa shape index (κ2) is 3.03. The van der Waals surface area contributed by atoms with Crippen LogP contribution >= 0.6 is 15.9 Å². The number of hydrogen-bond acceptors (Lipinski definition) is 2. The van der Waals surface area contributed by atoms with Crippen LogP contribution in [0.5, 0.6) is 5.75 Å². The van der Waals surface area contributed by atoms with Gasteiger partial charge in [-0.2, -0.15) is 0 Å². The van der Waals surface area contributed by atoms with Crippen LogP contribution in [-0.4, -0.2) is 16.7 Å². The molecule has 3 nitrogen and oxygen atoms in total. The maximum absolute atomic E-state index is 5.18. The molecular weight excluding hydrogens is 232 g/mol. The van der Waals surface area contributed by atoms with Gasteiger partial charge in [-0.1, -0.05) is 0 Å². The van der Waals surface area contributed by atoms with E-state index >= 15 is 0 Å². The van der Waals surface area contributed by atoms with Gasteiger partial charge in [0.1, 0.15) is 5.75 Å². The third-order valence-electron chi connectivity index (χ3n) is 1.93. The van der Waals surface area contributed by atoms with E-state index in [0.29, 0.717) is 0 Å². The lowest BCUT2D eigenvalue weighted by molar-refractivity contribution is 0.412. The van der Waals surface area contributed by atoms with E-state index in [9.17, 15) is 0 Å². The van der Waals surface area contributed by atoms with Gasteiger partial charge in [0.25, 0.3) is 0 Å². The maximum Gasteiger partial charge on any atom is 0.177 e. The Balaban J connectivity index is 2.77. The SMILES string of the molecule is COc1cc2c(cc1Br)n[c]n2C. The van der Waals surface area contributed by atoms with Gasteiger partial charge in [-0.05, 0) is 22.0 Å². The highest BCUT2D eigenvalue weighted by molar-refractivity contribution is 9.10. The fourth-order valence-electron chi connectivity index (χ4n) is 1.23. The molecular formula is C9H8BrN2O. The first-order valence-corrected chi connectivity index (χ1v) is 4.59. The minimum absolute atomic E-state index is 0.810. The van der Waals surface area contributed by atoms with Crippen LogP contribution in [0.3, 0.4) is 0 Å². The first-order chi connectivity index (χ1) is 6.22. The summed E-state index contributed by atoms with van der Waals surface area (Å²) in [5.74, 6) is 0.810. The Bertz CT molecular complexity index is 450. The topological polar surface area (TPSA) is 27.1 Å². The normalized spacial score (nSPS) is 10.7. The molecule has 67 valence electrons. The molecule has 0 amide bonds. The molecule has 0 aliphatic heterocycles. The van der Waals surface area contributed by atoms with E-state index in [1.165, 1.54) is 0 Å². The van der Waals surface area contributed by atoms with Crippen molar-refractivity contribution in [3.05, 3.63) is 22.9 Å². The second-order valence-electron chi connectivity index (χ2n) is 2.75. The summed E-state index contributed by atoms with van der Waals surface area (Å²) >= 11 is 3.40. The van der Waals surface area contributed by atoms with E-state index in [4.69, 9.17) is 4.74 Å². The van der Waals surface area contributed by atoms with Crippen LogP contribution in [0.4, 0.5) is 0 Å². The molecule has 0 unspecified atom stereocenters. The summed E-state index contributed by atoms with van der Waals surface area (Å²) in [7, 11) is 3.55. The molecule has 0 fully saturated rings. The molecule has 1 radical (unpaired) electrons. The van der Waals surface area contributed by atoms with E-state index in [2.05, 4.69) is 27.2 Å². The first-order valence-electron chi connectivity index (χ1n) is 3.80. The van der Waals surface area contributed by atoms with Crippen LogP contribution in [-0.2, 0) is 7.05 Å². The van der Waals surface area contributed by atoms with Gasteiger partial charge in [0.2, 0.25) is 0 Å². The number of nitrogens with zero attached hydrogens (tertiary/aromatic N) is 2. The van der Waals surface area contributed by atoms with Gasteiger partial charge in [0, 0.05) is 13.1 Å². The second-order valence-corrected chi connectivity index (χ2v) is 3.60. The highest BCUT2D eigenvalue weighted by Crippen LogP contribution is 2.29. The number of halogens is 1. The molecule has 13 heavy (non-hydrogen) atoms. The van der Waals surface area contributed by atoms with E-state index in [0.717, 1.165) is 21.3 Å². The summed E-state index contributed by atoms with van der Waals surface area (Å²) < 4.78 is 7.92. The molecule has 4 heteroatoms. The van der Waals surface area contributed by atoms with Crippen molar-refractivity contribution in [2.24, 2.45) is 7.05 Å². The number of hydrogen-bond donors (Lipinski definition) is 0. The van der Waals surface area contributed by atoms with E-state index in [1.807, 2.05) is 23.7 Å². The largest absolute Gasteiger partial charge is 0.495 e. The Morgan fingerprint density at radius 3 is 3.00 bits per heavy atom. The average molecular weight is 240 g/mol. The fourth-order valence-corrected chi connectivity index (χ4v) is 1.72. The molecule has 0 atom stereocenters. The van der Waals surface area contributed by atoms with E-state index in [1.54, 1.807) is 7.11 Å². The number of aryl methyl sites for hydroxylation is 1. The Kier molecular flexibility index (Phi) is 2.00. The highest BCUT2D eigenvalue weighted by Gasteiger charge is 2.06. The van der Waals surface area contributed by atoms with E-state index in [-0.39, 0.29) is 0 Å². The average Bonchev–Trinajstić information content (AvgIpc) is 2.46. The van der Waals surface area contributed by atoms with Gasteiger partial charge in [-0.25, -0.2) is 4.98 Å². The van der Waals surface area contributed by atoms with Crippen LogP contribution in [0, 0.1) is 6.33 Å². The van der Waals surface area contributed by atoms with Crippen molar-refractivity contribution in [3.63, 3.8) is 0 Å². The Morgan fingerprint density at radius 1 is 1.54 bits per heavy atom. The predicted molar refractivity (Wildman–Crippen MR) is 53.8 cm³/mol.